The normalized spacial score (nSPS) is 19.9. The van der Waals surface area contributed by atoms with Crippen LogP contribution in [0.1, 0.15) is 47.0 Å². The number of hydrogen-bond donors (Lipinski definition) is 2. The van der Waals surface area contributed by atoms with Crippen LogP contribution in [0.25, 0.3) is 0 Å². The molecule has 0 aliphatic carbocycles. The van der Waals surface area contributed by atoms with Gasteiger partial charge in [-0.2, -0.15) is 0 Å². The number of piperidine rings is 1. The van der Waals surface area contributed by atoms with Gasteiger partial charge < -0.3 is 15.3 Å². The number of amides is 1. The molecule has 1 unspecified atom stereocenters. The molecule has 20 heavy (non-hydrogen) atoms. The fourth-order valence-corrected chi connectivity index (χ4v) is 2.82. The largest absolute Gasteiger partial charge is 0.481 e. The van der Waals surface area contributed by atoms with Crippen LogP contribution >= 0.6 is 0 Å². The summed E-state index contributed by atoms with van der Waals surface area (Å²) < 4.78 is 0. The van der Waals surface area contributed by atoms with Crippen LogP contribution in [0.3, 0.4) is 0 Å². The Morgan fingerprint density at radius 1 is 1.40 bits per heavy atom. The molecule has 1 aliphatic heterocycles. The zero-order valence-electron chi connectivity index (χ0n) is 13.1. The van der Waals surface area contributed by atoms with Crippen molar-refractivity contribution in [1.82, 2.24) is 10.2 Å². The van der Waals surface area contributed by atoms with E-state index < -0.39 is 11.4 Å². The van der Waals surface area contributed by atoms with E-state index in [0.717, 1.165) is 25.9 Å². The van der Waals surface area contributed by atoms with Gasteiger partial charge in [-0.05, 0) is 45.7 Å². The molecule has 1 rings (SSSR count). The predicted molar refractivity (Wildman–Crippen MR) is 78.5 cm³/mol. The summed E-state index contributed by atoms with van der Waals surface area (Å²) in [5, 5.41) is 12.2. The Bertz CT molecular complexity index is 347. The van der Waals surface area contributed by atoms with Crippen LogP contribution in [-0.2, 0) is 9.59 Å². The average molecular weight is 284 g/mol. The number of nitrogens with zero attached hydrogens (tertiary/aromatic N) is 1. The van der Waals surface area contributed by atoms with Crippen LogP contribution in [0, 0.1) is 11.3 Å². The molecular weight excluding hydrogens is 256 g/mol. The van der Waals surface area contributed by atoms with Crippen LogP contribution in [-0.4, -0.2) is 47.6 Å². The van der Waals surface area contributed by atoms with E-state index in [1.807, 2.05) is 27.7 Å². The van der Waals surface area contributed by atoms with Gasteiger partial charge in [0.05, 0.1) is 6.42 Å². The number of nitrogens with one attached hydrogen (secondary N) is 1. The second-order valence-electron chi connectivity index (χ2n) is 6.50. The summed E-state index contributed by atoms with van der Waals surface area (Å²) in [6.07, 6.45) is 2.15. The fourth-order valence-electron chi connectivity index (χ4n) is 2.82. The third kappa shape index (κ3) is 4.20. The molecule has 1 saturated heterocycles. The van der Waals surface area contributed by atoms with Crippen LogP contribution in [0.5, 0.6) is 0 Å². The summed E-state index contributed by atoms with van der Waals surface area (Å²) in [7, 11) is 0. The highest BCUT2D eigenvalue weighted by Gasteiger charge is 2.40. The van der Waals surface area contributed by atoms with Gasteiger partial charge in [-0.15, -0.1) is 0 Å². The number of carboxylic acids is 1. The predicted octanol–water partition coefficient (Wildman–Crippen LogP) is 1.72. The molecule has 1 amide bonds. The molecule has 0 bridgehead atoms. The minimum atomic E-state index is -0.861. The number of carbonyl (C=O) groups is 2. The molecule has 5 nitrogen and oxygen atoms in total. The minimum Gasteiger partial charge on any atom is -0.481 e. The van der Waals surface area contributed by atoms with Crippen molar-refractivity contribution in [3.05, 3.63) is 0 Å². The Morgan fingerprint density at radius 3 is 2.50 bits per heavy atom. The third-order valence-corrected chi connectivity index (χ3v) is 4.32. The Labute approximate surface area is 121 Å². The number of carbonyl (C=O) groups excluding carboxylic acids is 1. The quantitative estimate of drug-likeness (QED) is 0.779. The molecule has 0 saturated carbocycles. The van der Waals surface area contributed by atoms with Crippen molar-refractivity contribution >= 4 is 11.9 Å². The van der Waals surface area contributed by atoms with Gasteiger partial charge in [0.2, 0.25) is 5.91 Å². The number of hydrogen-bond acceptors (Lipinski definition) is 3. The van der Waals surface area contributed by atoms with Crippen molar-refractivity contribution in [1.29, 1.82) is 0 Å². The van der Waals surface area contributed by atoms with Gasteiger partial charge in [0.25, 0.3) is 0 Å². The zero-order valence-corrected chi connectivity index (χ0v) is 13.1. The van der Waals surface area contributed by atoms with Crippen molar-refractivity contribution in [2.24, 2.45) is 11.3 Å². The van der Waals surface area contributed by atoms with Crippen molar-refractivity contribution in [3.63, 3.8) is 0 Å². The van der Waals surface area contributed by atoms with Crippen molar-refractivity contribution in [3.8, 4) is 0 Å². The molecular formula is C15H28N2O3. The topological polar surface area (TPSA) is 69.6 Å². The van der Waals surface area contributed by atoms with Crippen LogP contribution < -0.4 is 5.32 Å². The van der Waals surface area contributed by atoms with Gasteiger partial charge >= 0.3 is 5.97 Å². The Hall–Kier alpha value is -1.10. The van der Waals surface area contributed by atoms with E-state index in [-0.39, 0.29) is 24.9 Å². The van der Waals surface area contributed by atoms with E-state index in [9.17, 15) is 9.59 Å². The monoisotopic (exact) mass is 284 g/mol. The number of rotatable bonds is 6. The first-order valence-corrected chi connectivity index (χ1v) is 7.50. The number of aliphatic carboxylic acids is 1. The highest BCUT2D eigenvalue weighted by molar-refractivity contribution is 5.83. The fraction of sp³-hybridized carbons (Fsp3) is 0.867. The summed E-state index contributed by atoms with van der Waals surface area (Å²) in [5.41, 5.74) is -0.448. The van der Waals surface area contributed by atoms with Crippen LogP contribution in [0.15, 0.2) is 0 Å². The van der Waals surface area contributed by atoms with E-state index in [0.29, 0.717) is 5.92 Å². The highest BCUT2D eigenvalue weighted by Crippen LogP contribution is 2.34. The molecule has 2 N–H and O–H groups in total. The Kier molecular flexibility index (Phi) is 5.99. The second-order valence-corrected chi connectivity index (χ2v) is 6.50. The van der Waals surface area contributed by atoms with Gasteiger partial charge in [0.15, 0.2) is 0 Å². The smallest absolute Gasteiger partial charge is 0.305 e. The highest BCUT2D eigenvalue weighted by atomic mass is 16.4. The summed E-state index contributed by atoms with van der Waals surface area (Å²) in [5.74, 6) is -0.474. The van der Waals surface area contributed by atoms with Crippen molar-refractivity contribution in [2.75, 3.05) is 19.6 Å². The maximum absolute atomic E-state index is 12.8. The van der Waals surface area contributed by atoms with Gasteiger partial charge in [-0.1, -0.05) is 13.8 Å². The van der Waals surface area contributed by atoms with E-state index in [2.05, 4.69) is 5.32 Å². The van der Waals surface area contributed by atoms with Gasteiger partial charge in [-0.25, -0.2) is 0 Å². The molecule has 1 heterocycles. The molecule has 1 atom stereocenters. The van der Waals surface area contributed by atoms with E-state index in [4.69, 9.17) is 5.11 Å². The lowest BCUT2D eigenvalue weighted by Gasteiger charge is -2.41. The molecule has 5 heteroatoms. The Balaban J connectivity index is 2.77. The molecule has 116 valence electrons. The lowest BCUT2D eigenvalue weighted by Crippen LogP contribution is -2.51. The maximum atomic E-state index is 12.8. The van der Waals surface area contributed by atoms with Crippen molar-refractivity contribution in [2.45, 2.75) is 53.0 Å². The molecule has 0 spiro atoms. The molecule has 0 aromatic heterocycles. The van der Waals surface area contributed by atoms with E-state index in [1.165, 1.54) is 0 Å². The molecule has 1 aliphatic rings. The molecule has 0 aromatic rings. The summed E-state index contributed by atoms with van der Waals surface area (Å²) in [6, 6.07) is 0.0256. The zero-order chi connectivity index (χ0) is 15.3. The lowest BCUT2D eigenvalue weighted by molar-refractivity contribution is -0.147. The van der Waals surface area contributed by atoms with E-state index in [1.54, 1.807) is 4.90 Å². The second kappa shape index (κ2) is 7.07. The summed E-state index contributed by atoms with van der Waals surface area (Å²) in [4.78, 5) is 25.3. The first-order chi connectivity index (χ1) is 9.26. The average Bonchev–Trinajstić information content (AvgIpc) is 2.39. The standard InChI is InChI=1S/C15H28N2O3/c1-11(2)17(9-7-13(18)19)14(20)15(3,4)12-6-5-8-16-10-12/h11-12,16H,5-10H2,1-4H3,(H,18,19). The van der Waals surface area contributed by atoms with Gasteiger partial charge in [0.1, 0.15) is 0 Å². The lowest BCUT2D eigenvalue weighted by atomic mass is 9.73. The van der Waals surface area contributed by atoms with Gasteiger partial charge in [-0.3, -0.25) is 9.59 Å². The van der Waals surface area contributed by atoms with Crippen LogP contribution in [0.4, 0.5) is 0 Å². The molecule has 1 fully saturated rings. The first kappa shape index (κ1) is 17.0. The minimum absolute atomic E-state index is 0.00289. The Morgan fingerprint density at radius 2 is 2.05 bits per heavy atom. The van der Waals surface area contributed by atoms with E-state index >= 15 is 0 Å². The molecule has 0 radical (unpaired) electrons. The molecule has 0 aromatic carbocycles. The van der Waals surface area contributed by atoms with Gasteiger partial charge in [0, 0.05) is 18.0 Å². The number of carboxylic acid groups (broad SMARTS) is 1. The SMILES string of the molecule is CC(C)N(CCC(=O)O)C(=O)C(C)(C)C1CCCNC1. The first-order valence-electron chi connectivity index (χ1n) is 7.50. The maximum Gasteiger partial charge on any atom is 0.305 e. The van der Waals surface area contributed by atoms with Crippen LogP contribution in [0.2, 0.25) is 0 Å². The van der Waals surface area contributed by atoms with Crippen molar-refractivity contribution < 1.29 is 14.7 Å². The summed E-state index contributed by atoms with van der Waals surface area (Å²) in [6.45, 7) is 10.0. The third-order valence-electron chi connectivity index (χ3n) is 4.32. The summed E-state index contributed by atoms with van der Waals surface area (Å²) >= 11 is 0.